The molecule has 1 aromatic heterocycles. The molecule has 208 valence electrons. The summed E-state index contributed by atoms with van der Waals surface area (Å²) in [5.74, 6) is -1.53. The maximum absolute atomic E-state index is 13.9. The Morgan fingerprint density at radius 2 is 1.73 bits per heavy atom. The quantitative estimate of drug-likeness (QED) is 0.304. The van der Waals surface area contributed by atoms with E-state index in [1.54, 1.807) is 42.5 Å². The Morgan fingerprint density at radius 1 is 0.976 bits per heavy atom. The smallest absolute Gasteiger partial charge is 0.305 e. The molecule has 9 nitrogen and oxygen atoms in total. The zero-order valence-electron chi connectivity index (χ0n) is 22.1. The number of fused-ring (bicyclic) bond motifs is 2. The van der Waals surface area contributed by atoms with Gasteiger partial charge >= 0.3 is 4.87 Å². The molecule has 0 radical (unpaired) electrons. The maximum atomic E-state index is 13.9. The summed E-state index contributed by atoms with van der Waals surface area (Å²) in [7, 11) is 1.49. The number of imide groups is 1. The number of thioether (sulfide) groups is 1. The highest BCUT2D eigenvalue weighted by atomic mass is 32.2. The third-order valence-electron chi connectivity index (χ3n) is 7.08. The number of aromatic amines is 1. The van der Waals surface area contributed by atoms with Gasteiger partial charge in [0.05, 0.1) is 23.7 Å². The molecule has 1 fully saturated rings. The van der Waals surface area contributed by atoms with Crippen LogP contribution in [0.2, 0.25) is 0 Å². The van der Waals surface area contributed by atoms with Gasteiger partial charge in [-0.15, -0.1) is 0 Å². The van der Waals surface area contributed by atoms with Crippen LogP contribution in [0.1, 0.15) is 21.9 Å². The summed E-state index contributed by atoms with van der Waals surface area (Å²) in [6.45, 7) is 1.70. The molecular weight excluding hydrogens is 562 g/mol. The summed E-state index contributed by atoms with van der Waals surface area (Å²) < 4.78 is 11.4. The summed E-state index contributed by atoms with van der Waals surface area (Å²) in [6.07, 6.45) is 0. The number of para-hydroxylation sites is 1. The second-order valence-electron chi connectivity index (χ2n) is 9.71. The molecule has 3 unspecified atom stereocenters. The Bertz CT molecular complexity index is 1700. The number of hydrogen-bond donors (Lipinski definition) is 2. The van der Waals surface area contributed by atoms with Crippen LogP contribution in [-0.4, -0.2) is 41.7 Å². The van der Waals surface area contributed by atoms with Crippen molar-refractivity contribution >= 4 is 52.2 Å². The summed E-state index contributed by atoms with van der Waals surface area (Å²) >= 11 is 2.27. The van der Waals surface area contributed by atoms with E-state index in [0.717, 1.165) is 16.9 Å². The van der Waals surface area contributed by atoms with Crippen LogP contribution in [0, 0.1) is 12.8 Å². The van der Waals surface area contributed by atoms with Crippen LogP contribution >= 0.6 is 23.1 Å². The van der Waals surface area contributed by atoms with E-state index in [4.69, 9.17) is 9.47 Å². The van der Waals surface area contributed by atoms with Gasteiger partial charge in [0, 0.05) is 16.5 Å². The number of amides is 3. The predicted molar refractivity (Wildman–Crippen MR) is 157 cm³/mol. The number of nitrogens with one attached hydrogen (secondary N) is 2. The number of carbonyl (C=O) groups is 3. The van der Waals surface area contributed by atoms with E-state index < -0.39 is 17.1 Å². The van der Waals surface area contributed by atoms with Gasteiger partial charge in [0.1, 0.15) is 5.25 Å². The van der Waals surface area contributed by atoms with Crippen molar-refractivity contribution in [1.82, 2.24) is 4.98 Å². The van der Waals surface area contributed by atoms with Crippen LogP contribution < -0.4 is 24.6 Å². The number of aryl methyl sites for hydroxylation is 1. The molecule has 41 heavy (non-hydrogen) atoms. The molecular formula is C30H25N3O6S2. The predicted octanol–water partition coefficient (Wildman–Crippen LogP) is 4.57. The second-order valence-corrected chi connectivity index (χ2v) is 11.9. The number of methoxy groups -OCH3 is 1. The van der Waals surface area contributed by atoms with E-state index in [9.17, 15) is 19.2 Å². The molecule has 3 atom stereocenters. The monoisotopic (exact) mass is 587 g/mol. The van der Waals surface area contributed by atoms with Crippen LogP contribution in [-0.2, 0) is 14.4 Å². The third-order valence-corrected chi connectivity index (χ3v) is 9.48. The van der Waals surface area contributed by atoms with Gasteiger partial charge in [-0.25, -0.2) is 4.90 Å². The number of benzene rings is 3. The lowest BCUT2D eigenvalue weighted by Crippen LogP contribution is -2.32. The van der Waals surface area contributed by atoms with E-state index in [1.165, 1.54) is 23.8 Å². The molecule has 0 aliphatic carbocycles. The Hall–Kier alpha value is -4.35. The van der Waals surface area contributed by atoms with E-state index >= 15 is 0 Å². The maximum Gasteiger partial charge on any atom is 0.305 e. The van der Waals surface area contributed by atoms with Gasteiger partial charge in [-0.3, -0.25) is 19.2 Å². The van der Waals surface area contributed by atoms with Gasteiger partial charge in [-0.05, 0) is 48.9 Å². The number of carbonyl (C=O) groups excluding carboxylic acids is 3. The molecule has 1 saturated heterocycles. The van der Waals surface area contributed by atoms with Crippen molar-refractivity contribution in [2.24, 2.45) is 5.92 Å². The van der Waals surface area contributed by atoms with Crippen molar-refractivity contribution in [2.75, 3.05) is 23.9 Å². The molecule has 0 spiro atoms. The van der Waals surface area contributed by atoms with Crippen LogP contribution in [0.4, 0.5) is 11.4 Å². The largest absolute Gasteiger partial charge is 0.493 e. The van der Waals surface area contributed by atoms with Crippen molar-refractivity contribution in [3.8, 4) is 11.5 Å². The lowest BCUT2D eigenvalue weighted by Gasteiger charge is -2.30. The van der Waals surface area contributed by atoms with Crippen molar-refractivity contribution in [1.29, 1.82) is 0 Å². The number of ether oxygens (including phenoxy) is 2. The minimum Gasteiger partial charge on any atom is -0.493 e. The Morgan fingerprint density at radius 3 is 2.46 bits per heavy atom. The van der Waals surface area contributed by atoms with E-state index in [-0.39, 0.29) is 29.2 Å². The van der Waals surface area contributed by atoms with Crippen LogP contribution in [0.3, 0.4) is 0 Å². The van der Waals surface area contributed by atoms with Gasteiger partial charge in [-0.1, -0.05) is 65.1 Å². The van der Waals surface area contributed by atoms with Crippen LogP contribution in [0.25, 0.3) is 0 Å². The fraction of sp³-hybridized carbons (Fsp3) is 0.200. The lowest BCUT2D eigenvalue weighted by molar-refractivity contribution is -0.122. The van der Waals surface area contributed by atoms with Crippen LogP contribution in [0.15, 0.2) is 82.6 Å². The summed E-state index contributed by atoms with van der Waals surface area (Å²) in [4.78, 5) is 56.8. The van der Waals surface area contributed by atoms with Crippen molar-refractivity contribution < 1.29 is 23.9 Å². The molecule has 3 amide bonds. The van der Waals surface area contributed by atoms with Gasteiger partial charge < -0.3 is 19.8 Å². The zero-order chi connectivity index (χ0) is 28.7. The molecule has 3 aromatic carbocycles. The molecule has 2 aliphatic heterocycles. The highest BCUT2D eigenvalue weighted by molar-refractivity contribution is 8.00. The summed E-state index contributed by atoms with van der Waals surface area (Å²) in [5.41, 5.74) is 2.89. The highest BCUT2D eigenvalue weighted by Gasteiger charge is 2.56. The number of aromatic nitrogens is 1. The minimum absolute atomic E-state index is 0.239. The zero-order valence-corrected chi connectivity index (χ0v) is 23.7. The van der Waals surface area contributed by atoms with Gasteiger partial charge in [0.2, 0.25) is 11.8 Å². The molecule has 3 heterocycles. The van der Waals surface area contributed by atoms with E-state index in [0.29, 0.717) is 38.3 Å². The molecule has 2 aliphatic rings. The van der Waals surface area contributed by atoms with Crippen molar-refractivity contribution in [3.05, 3.63) is 98.5 Å². The second kappa shape index (κ2) is 10.9. The minimum atomic E-state index is -0.721. The first-order chi connectivity index (χ1) is 19.8. The standard InChI is InChI=1S/C30H25N3O6S2/c1-16-8-11-19(12-9-16)33-28(35)24-23(25-27(32-30(37)41-25)40-26(24)29(33)36)17-10-13-20(21(14-17)38-2)39-15-22(34)31-18-6-4-3-5-7-18/h3-14,23-24,26H,15H2,1-2H3,(H,31,34)(H,32,37). The first kappa shape index (κ1) is 26.9. The number of hydrogen-bond acceptors (Lipinski definition) is 8. The third kappa shape index (κ3) is 5.02. The summed E-state index contributed by atoms with van der Waals surface area (Å²) in [6, 6.07) is 21.5. The number of thiazole rings is 1. The van der Waals surface area contributed by atoms with E-state index in [1.807, 2.05) is 37.3 Å². The van der Waals surface area contributed by atoms with Gasteiger partial charge in [-0.2, -0.15) is 0 Å². The van der Waals surface area contributed by atoms with E-state index in [2.05, 4.69) is 10.3 Å². The summed E-state index contributed by atoms with van der Waals surface area (Å²) in [5, 5.41) is 2.66. The highest BCUT2D eigenvalue weighted by Crippen LogP contribution is 2.53. The Labute approximate surface area is 243 Å². The normalized spacial score (nSPS) is 19.5. The molecule has 11 heteroatoms. The molecule has 0 bridgehead atoms. The molecule has 0 saturated carbocycles. The number of rotatable bonds is 7. The fourth-order valence-corrected chi connectivity index (χ4v) is 7.70. The Kier molecular flexibility index (Phi) is 7.14. The lowest BCUT2D eigenvalue weighted by atomic mass is 9.83. The average molecular weight is 588 g/mol. The average Bonchev–Trinajstić information content (AvgIpc) is 3.47. The Balaban J connectivity index is 1.31. The van der Waals surface area contributed by atoms with Crippen LogP contribution in [0.5, 0.6) is 11.5 Å². The molecule has 4 aromatic rings. The van der Waals surface area contributed by atoms with Gasteiger partial charge in [0.15, 0.2) is 18.1 Å². The van der Waals surface area contributed by atoms with Gasteiger partial charge in [0.25, 0.3) is 5.91 Å². The fourth-order valence-electron chi connectivity index (χ4n) is 5.18. The SMILES string of the molecule is COc1cc(C2c3sc(=O)[nH]c3SC3C(=O)N(c4ccc(C)cc4)C(=O)C32)ccc1OCC(=O)Nc1ccccc1. The number of nitrogens with zero attached hydrogens (tertiary/aromatic N) is 1. The topological polar surface area (TPSA) is 118 Å². The number of anilines is 2. The first-order valence-electron chi connectivity index (χ1n) is 12.8. The van der Waals surface area contributed by atoms with Crippen molar-refractivity contribution in [3.63, 3.8) is 0 Å². The first-order valence-corrected chi connectivity index (χ1v) is 14.5. The molecule has 2 N–H and O–H groups in total. The molecule has 6 rings (SSSR count). The number of H-pyrrole nitrogens is 1. The van der Waals surface area contributed by atoms with Crippen molar-refractivity contribution in [2.45, 2.75) is 23.1 Å².